The van der Waals surface area contributed by atoms with E-state index in [1.54, 1.807) is 6.07 Å². The minimum Gasteiger partial charge on any atom is -0.452 e. The second-order valence-corrected chi connectivity index (χ2v) is 11.2. The maximum absolute atomic E-state index is 13.8. The maximum Gasteiger partial charge on any atom is 0.323 e. The van der Waals surface area contributed by atoms with E-state index in [2.05, 4.69) is 0 Å². The Kier molecular flexibility index (Phi) is 6.92. The van der Waals surface area contributed by atoms with Gasteiger partial charge in [-0.25, -0.2) is 0 Å². The number of anilines is 1. The number of nitrogens with zero attached hydrogens (tertiary/aromatic N) is 2. The van der Waals surface area contributed by atoms with Gasteiger partial charge in [0.1, 0.15) is 17.2 Å². The van der Waals surface area contributed by atoms with Crippen molar-refractivity contribution in [2.24, 2.45) is 5.41 Å². The average molecular weight is 535 g/mol. The quantitative estimate of drug-likeness (QED) is 0.255. The molecule has 9 heteroatoms. The number of ketones is 1. The van der Waals surface area contributed by atoms with Gasteiger partial charge in [-0.3, -0.25) is 24.1 Å². The molecule has 37 heavy (non-hydrogen) atoms. The van der Waals surface area contributed by atoms with E-state index < -0.39 is 23.5 Å². The number of ether oxygens (including phenoxy) is 1. The first-order valence-corrected chi connectivity index (χ1v) is 13.8. The number of Topliss-reactive ketones (excluding diaryl/α,β-unsaturated/α-hetero) is 1. The van der Waals surface area contributed by atoms with Crippen LogP contribution in [0.15, 0.2) is 78.2 Å². The summed E-state index contributed by atoms with van der Waals surface area (Å²) < 4.78 is 6.07. The Balaban J connectivity index is 1.40. The Hall–Kier alpha value is -3.43. The van der Waals surface area contributed by atoms with Crippen molar-refractivity contribution in [3.8, 4) is 0 Å². The summed E-state index contributed by atoms with van der Waals surface area (Å²) in [5.41, 5.74) is 0.0820. The van der Waals surface area contributed by atoms with Crippen LogP contribution in [0.3, 0.4) is 0 Å². The highest BCUT2D eigenvalue weighted by molar-refractivity contribution is 8.00. The topological polar surface area (TPSA) is 84.0 Å². The van der Waals surface area contributed by atoms with Gasteiger partial charge in [-0.1, -0.05) is 60.7 Å². The van der Waals surface area contributed by atoms with Gasteiger partial charge in [0.25, 0.3) is 0 Å². The number of thiophene rings is 1. The van der Waals surface area contributed by atoms with Crippen LogP contribution in [0.2, 0.25) is 0 Å². The number of amides is 2. The maximum atomic E-state index is 13.8. The molecule has 0 aliphatic carbocycles. The van der Waals surface area contributed by atoms with Crippen LogP contribution in [0.5, 0.6) is 0 Å². The predicted octanol–water partition coefficient (Wildman–Crippen LogP) is 4.29. The van der Waals surface area contributed by atoms with Crippen LogP contribution in [0, 0.1) is 5.41 Å². The zero-order valence-corrected chi connectivity index (χ0v) is 22.0. The summed E-state index contributed by atoms with van der Waals surface area (Å²) in [7, 11) is 0. The number of hydrogen-bond donors (Lipinski definition) is 0. The van der Waals surface area contributed by atoms with Crippen LogP contribution in [0.4, 0.5) is 5.00 Å². The molecule has 0 N–H and O–H groups in total. The van der Waals surface area contributed by atoms with E-state index in [0.29, 0.717) is 5.00 Å². The fourth-order valence-corrected chi connectivity index (χ4v) is 7.29. The highest BCUT2D eigenvalue weighted by Gasteiger charge is 2.61. The molecule has 190 valence electrons. The Morgan fingerprint density at radius 2 is 1.59 bits per heavy atom. The molecule has 2 aliphatic rings. The van der Waals surface area contributed by atoms with Crippen LogP contribution in [-0.2, 0) is 23.9 Å². The molecule has 1 aromatic heterocycles. The summed E-state index contributed by atoms with van der Waals surface area (Å²) in [6.07, 6.45) is -0.694. The number of esters is 1. The molecule has 2 saturated heterocycles. The summed E-state index contributed by atoms with van der Waals surface area (Å²) >= 11 is 2.73. The third kappa shape index (κ3) is 4.46. The number of carbonyl (C=O) groups is 4. The SMILES string of the molecule is CC(=O)N(c1cccs1)C1C(=O)N2CC(C(C)=O)(C(=O)OC(c3ccccc3)c3ccccc3)CS[C@H]12. The summed E-state index contributed by atoms with van der Waals surface area (Å²) in [4.78, 5) is 55.5. The summed E-state index contributed by atoms with van der Waals surface area (Å²) in [5, 5.41) is 2.22. The van der Waals surface area contributed by atoms with Gasteiger partial charge in [0.15, 0.2) is 11.5 Å². The molecule has 2 aromatic carbocycles. The molecule has 3 heterocycles. The van der Waals surface area contributed by atoms with Crippen molar-refractivity contribution in [2.75, 3.05) is 17.2 Å². The predicted molar refractivity (Wildman–Crippen MR) is 143 cm³/mol. The minimum absolute atomic E-state index is 0.0688. The Morgan fingerprint density at radius 3 is 2.11 bits per heavy atom. The smallest absolute Gasteiger partial charge is 0.323 e. The first-order valence-electron chi connectivity index (χ1n) is 11.9. The van der Waals surface area contributed by atoms with Gasteiger partial charge in [-0.15, -0.1) is 23.1 Å². The van der Waals surface area contributed by atoms with Gasteiger partial charge < -0.3 is 9.64 Å². The molecule has 2 aliphatic heterocycles. The number of β-lactam (4-membered cyclic amide) rings is 1. The van der Waals surface area contributed by atoms with Crippen LogP contribution >= 0.6 is 23.1 Å². The second kappa shape index (κ2) is 10.1. The highest BCUT2D eigenvalue weighted by Crippen LogP contribution is 2.46. The van der Waals surface area contributed by atoms with E-state index in [1.165, 1.54) is 46.7 Å². The number of thioether (sulfide) groups is 1. The molecule has 5 rings (SSSR count). The summed E-state index contributed by atoms with van der Waals surface area (Å²) in [5.74, 6) is -1.33. The van der Waals surface area contributed by atoms with E-state index in [1.807, 2.05) is 72.1 Å². The number of hydrogen-bond acceptors (Lipinski definition) is 7. The standard InChI is InChI=1S/C28H26N2O5S2/c1-18(31)28(27(34)35-24(20-10-5-3-6-11-20)21-12-7-4-8-13-21)16-29-25(33)23(26(29)37-17-28)30(19(2)32)22-14-9-15-36-22/h3-15,23-24,26H,16-17H2,1-2H3/t23?,26-,28?/m1/s1. The van der Waals surface area contributed by atoms with Gasteiger partial charge in [0, 0.05) is 19.2 Å². The molecule has 7 nitrogen and oxygen atoms in total. The summed E-state index contributed by atoms with van der Waals surface area (Å²) in [6.45, 7) is 2.74. The Bertz CT molecular complexity index is 1280. The molecule has 0 bridgehead atoms. The van der Waals surface area contributed by atoms with Crippen molar-refractivity contribution in [3.63, 3.8) is 0 Å². The number of carbonyl (C=O) groups excluding carboxylic acids is 4. The van der Waals surface area contributed by atoms with E-state index in [4.69, 9.17) is 4.74 Å². The third-order valence-electron chi connectivity index (χ3n) is 6.91. The number of rotatable bonds is 7. The lowest BCUT2D eigenvalue weighted by Gasteiger charge is -2.55. The van der Waals surface area contributed by atoms with Gasteiger partial charge in [0.2, 0.25) is 11.8 Å². The van der Waals surface area contributed by atoms with Gasteiger partial charge in [-0.05, 0) is 35.6 Å². The molecule has 2 fully saturated rings. The van der Waals surface area contributed by atoms with Gasteiger partial charge >= 0.3 is 5.97 Å². The van der Waals surface area contributed by atoms with Crippen LogP contribution < -0.4 is 4.90 Å². The van der Waals surface area contributed by atoms with E-state index >= 15 is 0 Å². The largest absolute Gasteiger partial charge is 0.452 e. The fourth-order valence-electron chi connectivity index (χ4n) is 4.84. The lowest BCUT2D eigenvalue weighted by Crippen LogP contribution is -2.75. The summed E-state index contributed by atoms with van der Waals surface area (Å²) in [6, 6.07) is 21.7. The molecule has 3 atom stereocenters. The molecular weight excluding hydrogens is 508 g/mol. The van der Waals surface area contributed by atoms with Crippen molar-refractivity contribution in [3.05, 3.63) is 89.3 Å². The zero-order valence-electron chi connectivity index (χ0n) is 20.4. The average Bonchev–Trinajstić information content (AvgIpc) is 3.44. The van der Waals surface area contributed by atoms with Gasteiger partial charge in [0.05, 0.1) is 5.00 Å². The molecule has 3 aromatic rings. The number of fused-ring (bicyclic) bond motifs is 1. The third-order valence-corrected chi connectivity index (χ3v) is 9.29. The monoisotopic (exact) mass is 534 g/mol. The molecule has 2 unspecified atom stereocenters. The van der Waals surface area contributed by atoms with E-state index in [0.717, 1.165) is 11.1 Å². The van der Waals surface area contributed by atoms with Crippen molar-refractivity contribution >= 4 is 51.7 Å². The molecule has 2 amide bonds. The van der Waals surface area contributed by atoms with Crippen molar-refractivity contribution in [1.82, 2.24) is 4.90 Å². The molecule has 0 radical (unpaired) electrons. The van der Waals surface area contributed by atoms with E-state index in [9.17, 15) is 19.2 Å². The highest BCUT2D eigenvalue weighted by atomic mass is 32.2. The van der Waals surface area contributed by atoms with Crippen LogP contribution in [0.1, 0.15) is 31.1 Å². The Labute approximate surface area is 223 Å². The van der Waals surface area contributed by atoms with Crippen LogP contribution in [0.25, 0.3) is 0 Å². The number of benzene rings is 2. The zero-order chi connectivity index (χ0) is 26.2. The molecule has 0 spiro atoms. The first kappa shape index (κ1) is 25.2. The lowest BCUT2D eigenvalue weighted by molar-refractivity contribution is -0.167. The Morgan fingerprint density at radius 1 is 0.973 bits per heavy atom. The minimum atomic E-state index is -1.49. The van der Waals surface area contributed by atoms with Crippen molar-refractivity contribution in [2.45, 2.75) is 31.4 Å². The van der Waals surface area contributed by atoms with Crippen molar-refractivity contribution in [1.29, 1.82) is 0 Å². The van der Waals surface area contributed by atoms with Crippen LogP contribution in [-0.4, -0.2) is 52.2 Å². The van der Waals surface area contributed by atoms with E-state index in [-0.39, 0.29) is 35.3 Å². The van der Waals surface area contributed by atoms with Crippen molar-refractivity contribution < 1.29 is 23.9 Å². The molecule has 0 saturated carbocycles. The second-order valence-electron chi connectivity index (χ2n) is 9.20. The first-order chi connectivity index (χ1) is 17.8. The normalized spacial score (nSPS) is 22.7. The lowest BCUT2D eigenvalue weighted by atomic mass is 9.83. The van der Waals surface area contributed by atoms with Gasteiger partial charge in [-0.2, -0.15) is 0 Å². The fraction of sp³-hybridized carbons (Fsp3) is 0.286. The molecular formula is C28H26N2O5S2.